The van der Waals surface area contributed by atoms with Crippen molar-refractivity contribution in [1.82, 2.24) is 9.55 Å². The van der Waals surface area contributed by atoms with Crippen LogP contribution in [0.15, 0.2) is 15.8 Å². The number of hydrogen-bond acceptors (Lipinski definition) is 6. The zero-order chi connectivity index (χ0) is 17.4. The first-order valence-corrected chi connectivity index (χ1v) is 8.39. The van der Waals surface area contributed by atoms with Crippen LogP contribution in [0.3, 0.4) is 0 Å². The van der Waals surface area contributed by atoms with Crippen LogP contribution < -0.4 is 11.2 Å². The van der Waals surface area contributed by atoms with Crippen molar-refractivity contribution >= 4 is 7.82 Å². The summed E-state index contributed by atoms with van der Waals surface area (Å²) in [7, 11) is -3.25. The molecule has 11 heteroatoms. The lowest BCUT2D eigenvalue weighted by Crippen LogP contribution is -2.35. The highest BCUT2D eigenvalue weighted by atomic mass is 31.2. The summed E-state index contributed by atoms with van der Waals surface area (Å²) in [4.78, 5) is 43.3. The van der Waals surface area contributed by atoms with Crippen molar-refractivity contribution in [2.45, 2.75) is 44.8 Å². The van der Waals surface area contributed by atoms with E-state index in [9.17, 15) is 14.2 Å². The minimum Gasteiger partial charge on any atom is -0.378 e. The van der Waals surface area contributed by atoms with E-state index in [0.29, 0.717) is 5.56 Å². The van der Waals surface area contributed by atoms with Gasteiger partial charge < -0.3 is 19.3 Å². The van der Waals surface area contributed by atoms with Gasteiger partial charge >= 0.3 is 13.5 Å². The molecule has 0 amide bonds. The molecule has 1 fully saturated rings. The molecule has 0 radical (unpaired) electrons. The third kappa shape index (κ3) is 4.17. The second kappa shape index (κ2) is 6.68. The van der Waals surface area contributed by atoms with Crippen LogP contribution in [0.2, 0.25) is 0 Å². The van der Waals surface area contributed by atoms with Gasteiger partial charge in [0.15, 0.2) is 0 Å². The van der Waals surface area contributed by atoms with E-state index in [4.69, 9.17) is 19.3 Å². The minimum atomic E-state index is -4.68. The first-order chi connectivity index (χ1) is 10.6. The van der Waals surface area contributed by atoms with Crippen molar-refractivity contribution in [3.05, 3.63) is 32.6 Å². The fourth-order valence-electron chi connectivity index (χ4n) is 2.56. The highest BCUT2D eigenvalue weighted by molar-refractivity contribution is 7.46. The molecule has 0 aromatic carbocycles. The number of hydrogen-bond donors (Lipinski definition) is 3. The fraction of sp³-hybridized carbons (Fsp3) is 0.667. The van der Waals surface area contributed by atoms with Crippen molar-refractivity contribution in [3.8, 4) is 0 Å². The van der Waals surface area contributed by atoms with E-state index in [1.807, 2.05) is 0 Å². The number of nitrogens with one attached hydrogen (secondary N) is 1. The van der Waals surface area contributed by atoms with Crippen molar-refractivity contribution in [2.75, 3.05) is 7.11 Å². The third-order valence-electron chi connectivity index (χ3n) is 3.64. The lowest BCUT2D eigenvalue weighted by atomic mass is 10.1. The van der Waals surface area contributed by atoms with Crippen LogP contribution in [0.4, 0.5) is 0 Å². The number of nitrogens with zero attached hydrogens (tertiary/aromatic N) is 1. The molecule has 0 bridgehead atoms. The zero-order valence-corrected chi connectivity index (χ0v) is 13.7. The molecule has 0 saturated carbocycles. The average Bonchev–Trinajstić information content (AvgIpc) is 2.85. The molecule has 0 unspecified atom stereocenters. The Morgan fingerprint density at radius 3 is 2.70 bits per heavy atom. The Labute approximate surface area is 131 Å². The van der Waals surface area contributed by atoms with Crippen molar-refractivity contribution in [3.63, 3.8) is 0 Å². The Kier molecular flexibility index (Phi) is 5.24. The van der Waals surface area contributed by atoms with Gasteiger partial charge in [0.2, 0.25) is 0 Å². The second-order valence-electron chi connectivity index (χ2n) is 5.34. The van der Waals surface area contributed by atoms with Crippen LogP contribution in [-0.4, -0.2) is 44.8 Å². The molecule has 4 atom stereocenters. The largest absolute Gasteiger partial charge is 0.469 e. The van der Waals surface area contributed by atoms with Gasteiger partial charge in [-0.15, -0.1) is 0 Å². The van der Waals surface area contributed by atoms with Crippen LogP contribution in [0.25, 0.3) is 0 Å². The third-order valence-corrected chi connectivity index (χ3v) is 4.25. The molecule has 23 heavy (non-hydrogen) atoms. The zero-order valence-electron chi connectivity index (χ0n) is 12.8. The fourth-order valence-corrected chi connectivity index (χ4v) is 3.11. The number of rotatable bonds is 5. The van der Waals surface area contributed by atoms with Crippen molar-refractivity contribution in [2.24, 2.45) is 0 Å². The summed E-state index contributed by atoms with van der Waals surface area (Å²) in [5, 5.41) is 0. The highest BCUT2D eigenvalue weighted by Crippen LogP contribution is 2.41. The molecule has 1 saturated heterocycles. The summed E-state index contributed by atoms with van der Waals surface area (Å²) in [6, 6.07) is 0. The number of aryl methyl sites for hydroxylation is 1. The maximum atomic E-state index is 11.9. The van der Waals surface area contributed by atoms with Gasteiger partial charge in [0.25, 0.3) is 5.56 Å². The van der Waals surface area contributed by atoms with E-state index in [-0.39, 0.29) is 6.42 Å². The highest BCUT2D eigenvalue weighted by Gasteiger charge is 2.42. The van der Waals surface area contributed by atoms with E-state index in [2.05, 4.69) is 9.51 Å². The molecule has 0 aliphatic carbocycles. The molecular weight excluding hydrogens is 331 g/mol. The average molecular weight is 350 g/mol. The van der Waals surface area contributed by atoms with E-state index in [1.54, 1.807) is 6.92 Å². The number of aromatic nitrogens is 2. The summed E-state index contributed by atoms with van der Waals surface area (Å²) in [5.74, 6) is 0. The molecule has 2 rings (SSSR count). The van der Waals surface area contributed by atoms with Gasteiger partial charge in [0, 0.05) is 25.3 Å². The Bertz CT molecular complexity index is 723. The summed E-state index contributed by atoms with van der Waals surface area (Å²) in [6.07, 6.45) is -1.37. The monoisotopic (exact) mass is 350 g/mol. The molecule has 0 spiro atoms. The van der Waals surface area contributed by atoms with Gasteiger partial charge in [-0.1, -0.05) is 0 Å². The number of ether oxygens (including phenoxy) is 2. The van der Waals surface area contributed by atoms with Gasteiger partial charge in [0.05, 0.1) is 12.2 Å². The number of aromatic amines is 1. The number of phosphoric acid groups is 1. The Hall–Kier alpha value is -1.29. The van der Waals surface area contributed by atoms with E-state index in [0.717, 1.165) is 0 Å². The maximum absolute atomic E-state index is 11.9. The molecule has 130 valence electrons. The summed E-state index contributed by atoms with van der Waals surface area (Å²) < 4.78 is 27.7. The van der Waals surface area contributed by atoms with Gasteiger partial charge in [-0.05, 0) is 13.8 Å². The van der Waals surface area contributed by atoms with Crippen LogP contribution >= 0.6 is 7.82 Å². The minimum absolute atomic E-state index is 0.265. The normalized spacial score (nSPS) is 26.4. The van der Waals surface area contributed by atoms with Gasteiger partial charge in [-0.3, -0.25) is 18.9 Å². The Morgan fingerprint density at radius 1 is 1.48 bits per heavy atom. The van der Waals surface area contributed by atoms with Crippen molar-refractivity contribution < 1.29 is 28.3 Å². The van der Waals surface area contributed by atoms with E-state index < -0.39 is 43.6 Å². The predicted molar refractivity (Wildman–Crippen MR) is 78.0 cm³/mol. The number of H-pyrrole nitrogens is 1. The lowest BCUT2D eigenvalue weighted by molar-refractivity contribution is -0.0815. The smallest absolute Gasteiger partial charge is 0.378 e. The molecule has 1 aromatic rings. The molecule has 1 aliphatic rings. The summed E-state index contributed by atoms with van der Waals surface area (Å²) in [6.45, 7) is 2.99. The SMILES string of the molecule is CO[C@@H]1C[C@H](n2cc(C)c(=O)[nH]c2=O)O[C@@H]1[C@@H](C)OP(=O)(O)O. The number of methoxy groups -OCH3 is 1. The Morgan fingerprint density at radius 2 is 2.13 bits per heavy atom. The Balaban J connectivity index is 2.25. The topological polar surface area (TPSA) is 140 Å². The molecule has 2 heterocycles. The van der Waals surface area contributed by atoms with Crippen LogP contribution in [0.5, 0.6) is 0 Å². The molecule has 1 aromatic heterocycles. The van der Waals surface area contributed by atoms with Crippen LogP contribution in [-0.2, 0) is 18.6 Å². The molecule has 1 aliphatic heterocycles. The van der Waals surface area contributed by atoms with Gasteiger partial charge in [0.1, 0.15) is 12.3 Å². The van der Waals surface area contributed by atoms with Crippen LogP contribution in [0.1, 0.15) is 25.1 Å². The maximum Gasteiger partial charge on any atom is 0.469 e. The molecule has 10 nitrogen and oxygen atoms in total. The molecule has 3 N–H and O–H groups in total. The molecular formula is C12H19N2O8P. The van der Waals surface area contributed by atoms with Crippen molar-refractivity contribution in [1.29, 1.82) is 0 Å². The first-order valence-electron chi connectivity index (χ1n) is 6.86. The van der Waals surface area contributed by atoms with Crippen LogP contribution in [0, 0.1) is 6.92 Å². The first kappa shape index (κ1) is 18.1. The second-order valence-corrected chi connectivity index (χ2v) is 6.54. The van der Waals surface area contributed by atoms with E-state index >= 15 is 0 Å². The van der Waals surface area contributed by atoms with Gasteiger partial charge in [-0.25, -0.2) is 9.36 Å². The summed E-state index contributed by atoms with van der Waals surface area (Å²) >= 11 is 0. The predicted octanol–water partition coefficient (Wildman–Crippen LogP) is -0.355. The van der Waals surface area contributed by atoms with Gasteiger partial charge in [-0.2, -0.15) is 0 Å². The quantitative estimate of drug-likeness (QED) is 0.612. The summed E-state index contributed by atoms with van der Waals surface area (Å²) in [5.41, 5.74) is -0.780. The number of phosphoric ester groups is 1. The standard InChI is InChI=1S/C12H19N2O8P/c1-6-5-14(12(16)13-11(6)15)9-4-8(20-3)10(21-9)7(2)22-23(17,18)19/h5,7-10H,4H2,1-3H3,(H,13,15,16)(H2,17,18,19)/t7-,8-,9-,10-/m1/s1. The van der Waals surface area contributed by atoms with E-state index in [1.165, 1.54) is 24.8 Å². The lowest BCUT2D eigenvalue weighted by Gasteiger charge is -2.24.